The van der Waals surface area contributed by atoms with Gasteiger partial charge in [0, 0.05) is 15.1 Å². The van der Waals surface area contributed by atoms with Crippen LogP contribution < -0.4 is 10.1 Å². The smallest absolute Gasteiger partial charge is 0.321 e. The van der Waals surface area contributed by atoms with Gasteiger partial charge in [-0.2, -0.15) is 0 Å². The minimum absolute atomic E-state index is 0.157. The van der Waals surface area contributed by atoms with Gasteiger partial charge in [0.15, 0.2) is 0 Å². The minimum atomic E-state index is -0.326. The molecule has 132 valence electrons. The molecule has 4 nitrogen and oxygen atoms in total. The first kappa shape index (κ1) is 18.7. The average Bonchev–Trinajstić information content (AvgIpc) is 3.18. The van der Waals surface area contributed by atoms with Crippen molar-refractivity contribution >= 4 is 56.6 Å². The van der Waals surface area contributed by atoms with Gasteiger partial charge in [0.25, 0.3) is 5.91 Å². The molecule has 0 bridgehead atoms. The summed E-state index contributed by atoms with van der Waals surface area (Å²) in [6, 6.07) is 18.0. The van der Waals surface area contributed by atoms with Gasteiger partial charge in [0.2, 0.25) is 0 Å². The number of halogens is 1. The number of benzene rings is 2. The van der Waals surface area contributed by atoms with Gasteiger partial charge in [-0.1, -0.05) is 22.0 Å². The number of thioether (sulfide) groups is 1. The lowest BCUT2D eigenvalue weighted by Gasteiger charge is -2.07. The van der Waals surface area contributed by atoms with Crippen LogP contribution in [0.5, 0.6) is 5.75 Å². The van der Waals surface area contributed by atoms with E-state index in [-0.39, 0.29) is 17.6 Å². The molecule has 0 radical (unpaired) electrons. The van der Waals surface area contributed by atoms with Gasteiger partial charge in [-0.05, 0) is 60.0 Å². The monoisotopic (exact) mass is 447 g/mol. The van der Waals surface area contributed by atoms with Crippen LogP contribution in [-0.4, -0.2) is 17.6 Å². The van der Waals surface area contributed by atoms with Gasteiger partial charge >= 0.3 is 5.97 Å². The Bertz CT molecular complexity index is 878. The van der Waals surface area contributed by atoms with E-state index >= 15 is 0 Å². The van der Waals surface area contributed by atoms with Crippen LogP contribution in [0.3, 0.4) is 0 Å². The average molecular weight is 448 g/mol. The van der Waals surface area contributed by atoms with E-state index in [9.17, 15) is 9.59 Å². The Labute approximate surface area is 167 Å². The van der Waals surface area contributed by atoms with E-state index in [2.05, 4.69) is 21.2 Å². The molecule has 2 aromatic carbocycles. The number of anilines is 1. The molecule has 0 unspecified atom stereocenters. The molecule has 26 heavy (non-hydrogen) atoms. The summed E-state index contributed by atoms with van der Waals surface area (Å²) in [5.74, 6) is 0.183. The second kappa shape index (κ2) is 9.02. The number of rotatable bonds is 6. The molecular formula is C19H14BrNO3S2. The molecule has 0 fully saturated rings. The molecule has 3 aromatic rings. The number of thiophene rings is 1. The molecule has 1 N–H and O–H groups in total. The number of ether oxygens (including phenoxy) is 1. The van der Waals surface area contributed by atoms with E-state index in [0.717, 1.165) is 9.37 Å². The second-order valence-electron chi connectivity index (χ2n) is 5.17. The molecule has 1 heterocycles. The quantitative estimate of drug-likeness (QED) is 0.309. The summed E-state index contributed by atoms with van der Waals surface area (Å²) in [6.45, 7) is 0. The first-order chi connectivity index (χ1) is 12.6. The first-order valence-electron chi connectivity index (χ1n) is 7.64. The Hall–Kier alpha value is -2.09. The number of hydrogen-bond donors (Lipinski definition) is 1. The van der Waals surface area contributed by atoms with Crippen molar-refractivity contribution in [3.05, 3.63) is 75.4 Å². The van der Waals surface area contributed by atoms with Crippen LogP contribution in [-0.2, 0) is 4.79 Å². The van der Waals surface area contributed by atoms with E-state index in [1.54, 1.807) is 30.3 Å². The molecule has 0 aliphatic carbocycles. The molecule has 0 saturated heterocycles. The highest BCUT2D eigenvalue weighted by atomic mass is 79.9. The van der Waals surface area contributed by atoms with Crippen molar-refractivity contribution in [1.82, 2.24) is 0 Å². The second-order valence-corrected chi connectivity index (χ2v) is 8.08. The number of amides is 1. The van der Waals surface area contributed by atoms with Crippen molar-refractivity contribution < 1.29 is 14.3 Å². The van der Waals surface area contributed by atoms with Crippen LogP contribution in [0.4, 0.5) is 5.69 Å². The Morgan fingerprint density at radius 1 is 1.04 bits per heavy atom. The highest BCUT2D eigenvalue weighted by Crippen LogP contribution is 2.22. The third-order valence-corrected chi connectivity index (χ3v) is 5.64. The standard InChI is InChI=1S/C19H14BrNO3S2/c20-13-3-9-16(10-4-13)26-12-18(22)24-15-7-5-14(6-8-15)21-19(23)17-2-1-11-25-17/h1-11H,12H2,(H,21,23). The zero-order valence-corrected chi connectivity index (χ0v) is 16.7. The van der Waals surface area contributed by atoms with E-state index in [1.807, 2.05) is 35.7 Å². The molecular weight excluding hydrogens is 434 g/mol. The lowest BCUT2D eigenvalue weighted by Crippen LogP contribution is -2.11. The van der Waals surface area contributed by atoms with Crippen LogP contribution >= 0.6 is 39.0 Å². The van der Waals surface area contributed by atoms with Crippen LogP contribution in [0.1, 0.15) is 9.67 Å². The van der Waals surface area contributed by atoms with Crippen LogP contribution in [0.2, 0.25) is 0 Å². The highest BCUT2D eigenvalue weighted by molar-refractivity contribution is 9.10. The van der Waals surface area contributed by atoms with Gasteiger partial charge in [-0.15, -0.1) is 23.1 Å². The predicted molar refractivity (Wildman–Crippen MR) is 109 cm³/mol. The van der Waals surface area contributed by atoms with Gasteiger partial charge in [-0.25, -0.2) is 0 Å². The highest BCUT2D eigenvalue weighted by Gasteiger charge is 2.09. The summed E-state index contributed by atoms with van der Waals surface area (Å²) in [4.78, 5) is 25.6. The summed E-state index contributed by atoms with van der Waals surface area (Å²) in [5, 5.41) is 4.65. The Morgan fingerprint density at radius 3 is 2.42 bits per heavy atom. The summed E-state index contributed by atoms with van der Waals surface area (Å²) in [5.41, 5.74) is 0.646. The zero-order valence-electron chi connectivity index (χ0n) is 13.5. The molecule has 0 saturated carbocycles. The fourth-order valence-electron chi connectivity index (χ4n) is 2.04. The van der Waals surface area contributed by atoms with E-state index < -0.39 is 0 Å². The maximum absolute atomic E-state index is 12.0. The van der Waals surface area contributed by atoms with Crippen molar-refractivity contribution in [3.8, 4) is 5.75 Å². The third kappa shape index (κ3) is 5.45. The SMILES string of the molecule is O=C(CSc1ccc(Br)cc1)Oc1ccc(NC(=O)c2cccs2)cc1. The summed E-state index contributed by atoms with van der Waals surface area (Å²) < 4.78 is 6.31. The minimum Gasteiger partial charge on any atom is -0.426 e. The Morgan fingerprint density at radius 2 is 1.77 bits per heavy atom. The molecule has 0 atom stereocenters. The molecule has 7 heteroatoms. The predicted octanol–water partition coefficient (Wildman–Crippen LogP) is 5.46. The topological polar surface area (TPSA) is 55.4 Å². The molecule has 1 aromatic heterocycles. The fraction of sp³-hybridized carbons (Fsp3) is 0.0526. The third-order valence-electron chi connectivity index (χ3n) is 3.26. The van der Waals surface area contributed by atoms with E-state index in [4.69, 9.17) is 4.74 Å². The maximum Gasteiger partial charge on any atom is 0.321 e. The largest absolute Gasteiger partial charge is 0.426 e. The van der Waals surface area contributed by atoms with Gasteiger partial charge in [-0.3, -0.25) is 9.59 Å². The van der Waals surface area contributed by atoms with Crippen molar-refractivity contribution in [2.24, 2.45) is 0 Å². The van der Waals surface area contributed by atoms with Gasteiger partial charge in [0.05, 0.1) is 10.6 Å². The fourth-order valence-corrected chi connectivity index (χ4v) is 3.60. The Kier molecular flexibility index (Phi) is 6.49. The van der Waals surface area contributed by atoms with Crippen molar-refractivity contribution in [2.75, 3.05) is 11.1 Å². The normalized spacial score (nSPS) is 10.3. The molecule has 0 aliphatic rings. The lowest BCUT2D eigenvalue weighted by molar-refractivity contribution is -0.131. The summed E-state index contributed by atoms with van der Waals surface area (Å²) in [6.07, 6.45) is 0. The van der Waals surface area contributed by atoms with Crippen molar-refractivity contribution in [3.63, 3.8) is 0 Å². The summed E-state index contributed by atoms with van der Waals surface area (Å²) >= 11 is 6.17. The van der Waals surface area contributed by atoms with Gasteiger partial charge in [0.1, 0.15) is 5.75 Å². The molecule has 0 spiro atoms. The number of nitrogens with one attached hydrogen (secondary N) is 1. The van der Waals surface area contributed by atoms with E-state index in [0.29, 0.717) is 16.3 Å². The maximum atomic E-state index is 12.0. The zero-order chi connectivity index (χ0) is 18.4. The lowest BCUT2D eigenvalue weighted by atomic mass is 10.3. The van der Waals surface area contributed by atoms with Crippen molar-refractivity contribution in [2.45, 2.75) is 4.90 Å². The first-order valence-corrected chi connectivity index (χ1v) is 10.3. The number of hydrogen-bond acceptors (Lipinski definition) is 5. The van der Waals surface area contributed by atoms with E-state index in [1.165, 1.54) is 23.1 Å². The molecule has 0 aliphatic heterocycles. The van der Waals surface area contributed by atoms with Crippen LogP contribution in [0.15, 0.2) is 75.4 Å². The van der Waals surface area contributed by atoms with Crippen molar-refractivity contribution in [1.29, 1.82) is 0 Å². The van der Waals surface area contributed by atoms with Gasteiger partial charge < -0.3 is 10.1 Å². The molecule has 3 rings (SSSR count). The number of esters is 1. The summed E-state index contributed by atoms with van der Waals surface area (Å²) in [7, 11) is 0. The Balaban J connectivity index is 1.49. The number of carbonyl (C=O) groups excluding carboxylic acids is 2. The van der Waals surface area contributed by atoms with Crippen LogP contribution in [0, 0.1) is 0 Å². The molecule has 1 amide bonds. The number of carbonyl (C=O) groups is 2. The van der Waals surface area contributed by atoms with Crippen LogP contribution in [0.25, 0.3) is 0 Å².